The van der Waals surface area contributed by atoms with Crippen LogP contribution < -0.4 is 10.7 Å². The largest absolute Gasteiger partial charge is 0.333 e. The van der Waals surface area contributed by atoms with E-state index in [1.807, 2.05) is 0 Å². The minimum atomic E-state index is -0.322. The molecule has 76 valence electrons. The zero-order valence-corrected chi connectivity index (χ0v) is 8.67. The molecular weight excluding hydrogens is 204 g/mol. The van der Waals surface area contributed by atoms with Gasteiger partial charge in [-0.3, -0.25) is 5.43 Å². The summed E-state index contributed by atoms with van der Waals surface area (Å²) in [5, 5.41) is 4.48. The van der Waals surface area contributed by atoms with Crippen LogP contribution in [0.4, 0.5) is 10.5 Å². The Hall–Kier alpha value is -1.33. The average molecular weight is 215 g/mol. The van der Waals surface area contributed by atoms with Gasteiger partial charge in [0.05, 0.1) is 0 Å². The normalized spacial score (nSPS) is 10.0. The number of nitrogens with one attached hydrogen (secondary N) is 2. The van der Waals surface area contributed by atoms with Gasteiger partial charge in [0.2, 0.25) is 0 Å². The zero-order valence-electron chi connectivity index (χ0n) is 7.91. The Morgan fingerprint density at radius 1 is 1.57 bits per heavy atom. The summed E-state index contributed by atoms with van der Waals surface area (Å²) in [6, 6.07) is 2.90. The van der Waals surface area contributed by atoms with E-state index < -0.39 is 0 Å². The Kier molecular flexibility index (Phi) is 3.67. The first kappa shape index (κ1) is 10.7. The van der Waals surface area contributed by atoms with Gasteiger partial charge in [-0.15, -0.1) is 0 Å². The summed E-state index contributed by atoms with van der Waals surface area (Å²) < 4.78 is 0. The standard InChI is InChI=1S/C8H11ClN4O/c1-13(2)12-8(14)11-6-3-4-10-7(9)5-6/h3-5H,1-2H3,(H2,10,11,12,14). The molecule has 0 aliphatic carbocycles. The van der Waals surface area contributed by atoms with Crippen LogP contribution in [0.3, 0.4) is 0 Å². The number of hydrazine groups is 1. The molecule has 2 N–H and O–H groups in total. The predicted octanol–water partition coefficient (Wildman–Crippen LogP) is 1.33. The van der Waals surface area contributed by atoms with E-state index in [0.29, 0.717) is 10.8 Å². The molecule has 2 amide bonds. The van der Waals surface area contributed by atoms with Gasteiger partial charge >= 0.3 is 6.03 Å². The highest BCUT2D eigenvalue weighted by atomic mass is 35.5. The summed E-state index contributed by atoms with van der Waals surface area (Å²) in [5.74, 6) is 0. The van der Waals surface area contributed by atoms with Gasteiger partial charge in [-0.05, 0) is 12.1 Å². The molecule has 0 radical (unpaired) electrons. The summed E-state index contributed by atoms with van der Waals surface area (Å²) in [4.78, 5) is 15.0. The molecule has 0 saturated carbocycles. The number of rotatable bonds is 2. The van der Waals surface area contributed by atoms with E-state index in [2.05, 4.69) is 15.7 Å². The average Bonchev–Trinajstić information content (AvgIpc) is 2.01. The zero-order chi connectivity index (χ0) is 10.6. The third-order valence-corrected chi connectivity index (χ3v) is 1.52. The lowest BCUT2D eigenvalue weighted by atomic mass is 10.4. The van der Waals surface area contributed by atoms with E-state index in [1.165, 1.54) is 11.2 Å². The lowest BCUT2D eigenvalue weighted by Gasteiger charge is -2.12. The fraction of sp³-hybridized carbons (Fsp3) is 0.250. The van der Waals surface area contributed by atoms with Crippen LogP contribution in [0.5, 0.6) is 0 Å². The maximum atomic E-state index is 11.2. The molecule has 0 aliphatic heterocycles. The highest BCUT2D eigenvalue weighted by molar-refractivity contribution is 6.29. The summed E-state index contributed by atoms with van der Waals surface area (Å²) in [6.07, 6.45) is 1.52. The first-order chi connectivity index (χ1) is 6.58. The fourth-order valence-corrected chi connectivity index (χ4v) is 1.02. The summed E-state index contributed by atoms with van der Waals surface area (Å²) in [7, 11) is 3.44. The predicted molar refractivity (Wildman–Crippen MR) is 55.1 cm³/mol. The summed E-state index contributed by atoms with van der Waals surface area (Å²) in [5.41, 5.74) is 3.13. The topological polar surface area (TPSA) is 57.3 Å². The molecule has 6 heteroatoms. The van der Waals surface area contributed by atoms with Crippen molar-refractivity contribution in [3.63, 3.8) is 0 Å². The third kappa shape index (κ3) is 3.59. The second kappa shape index (κ2) is 4.78. The van der Waals surface area contributed by atoms with E-state index in [1.54, 1.807) is 26.2 Å². The molecule has 1 aromatic rings. The molecule has 1 heterocycles. The molecule has 0 fully saturated rings. The molecule has 0 aromatic carbocycles. The van der Waals surface area contributed by atoms with Gasteiger partial charge in [-0.1, -0.05) is 11.6 Å². The van der Waals surface area contributed by atoms with Crippen molar-refractivity contribution in [1.29, 1.82) is 0 Å². The van der Waals surface area contributed by atoms with Crippen molar-refractivity contribution >= 4 is 23.3 Å². The molecule has 1 aromatic heterocycles. The number of nitrogens with zero attached hydrogens (tertiary/aromatic N) is 2. The lowest BCUT2D eigenvalue weighted by molar-refractivity contribution is 0.224. The first-order valence-corrected chi connectivity index (χ1v) is 4.32. The number of halogens is 1. The summed E-state index contributed by atoms with van der Waals surface area (Å²) in [6.45, 7) is 0. The number of amides is 2. The second-order valence-electron chi connectivity index (χ2n) is 2.83. The van der Waals surface area contributed by atoms with Crippen molar-refractivity contribution in [3.8, 4) is 0 Å². The fourth-order valence-electron chi connectivity index (χ4n) is 0.842. The van der Waals surface area contributed by atoms with Crippen LogP contribution in [0.1, 0.15) is 0 Å². The smallest absolute Gasteiger partial charge is 0.307 e. The van der Waals surface area contributed by atoms with Gasteiger partial charge in [0.25, 0.3) is 0 Å². The van der Waals surface area contributed by atoms with Crippen LogP contribution >= 0.6 is 11.6 Å². The van der Waals surface area contributed by atoms with Crippen molar-refractivity contribution in [2.24, 2.45) is 0 Å². The number of hydrogen-bond acceptors (Lipinski definition) is 3. The van der Waals surface area contributed by atoms with Crippen LogP contribution in [0.25, 0.3) is 0 Å². The molecule has 0 unspecified atom stereocenters. The monoisotopic (exact) mass is 214 g/mol. The molecule has 0 bridgehead atoms. The third-order valence-electron chi connectivity index (χ3n) is 1.31. The number of hydrogen-bond donors (Lipinski definition) is 2. The number of carbonyl (C=O) groups is 1. The number of urea groups is 1. The number of carbonyl (C=O) groups excluding carboxylic acids is 1. The number of anilines is 1. The molecule has 5 nitrogen and oxygen atoms in total. The van der Waals surface area contributed by atoms with Crippen molar-refractivity contribution in [3.05, 3.63) is 23.5 Å². The number of pyridine rings is 1. The van der Waals surface area contributed by atoms with Crippen LogP contribution in [0, 0.1) is 0 Å². The molecule has 0 spiro atoms. The van der Waals surface area contributed by atoms with Crippen molar-refractivity contribution in [2.45, 2.75) is 0 Å². The molecule has 0 saturated heterocycles. The maximum Gasteiger partial charge on any atom is 0.333 e. The van der Waals surface area contributed by atoms with E-state index in [4.69, 9.17) is 11.6 Å². The Morgan fingerprint density at radius 3 is 2.86 bits per heavy atom. The maximum absolute atomic E-state index is 11.2. The van der Waals surface area contributed by atoms with Crippen LogP contribution in [-0.2, 0) is 0 Å². The van der Waals surface area contributed by atoms with Crippen LogP contribution in [-0.4, -0.2) is 30.1 Å². The van der Waals surface area contributed by atoms with E-state index in [-0.39, 0.29) is 6.03 Å². The van der Waals surface area contributed by atoms with E-state index in [0.717, 1.165) is 0 Å². The Balaban J connectivity index is 2.56. The van der Waals surface area contributed by atoms with Gasteiger partial charge in [-0.25, -0.2) is 14.8 Å². The molecule has 0 aliphatic rings. The van der Waals surface area contributed by atoms with Gasteiger partial charge in [-0.2, -0.15) is 0 Å². The van der Waals surface area contributed by atoms with Gasteiger partial charge in [0, 0.05) is 26.0 Å². The van der Waals surface area contributed by atoms with E-state index >= 15 is 0 Å². The Labute approximate surface area is 87.0 Å². The quantitative estimate of drug-likeness (QED) is 0.577. The van der Waals surface area contributed by atoms with Gasteiger partial charge < -0.3 is 5.32 Å². The molecule has 1 rings (SSSR count). The van der Waals surface area contributed by atoms with Gasteiger partial charge in [0.15, 0.2) is 0 Å². The highest BCUT2D eigenvalue weighted by Gasteiger charge is 2.02. The Bertz CT molecular complexity index is 329. The lowest BCUT2D eigenvalue weighted by Crippen LogP contribution is -2.39. The molecule has 14 heavy (non-hydrogen) atoms. The minimum Gasteiger partial charge on any atom is -0.307 e. The minimum absolute atomic E-state index is 0.322. The van der Waals surface area contributed by atoms with Crippen molar-refractivity contribution < 1.29 is 4.79 Å². The molecule has 0 atom stereocenters. The first-order valence-electron chi connectivity index (χ1n) is 3.94. The number of aromatic nitrogens is 1. The molecular formula is C8H11ClN4O. The highest BCUT2D eigenvalue weighted by Crippen LogP contribution is 2.11. The Morgan fingerprint density at radius 2 is 2.29 bits per heavy atom. The second-order valence-corrected chi connectivity index (χ2v) is 3.21. The van der Waals surface area contributed by atoms with Crippen LogP contribution in [0.15, 0.2) is 18.3 Å². The van der Waals surface area contributed by atoms with Crippen molar-refractivity contribution in [1.82, 2.24) is 15.4 Å². The van der Waals surface area contributed by atoms with E-state index in [9.17, 15) is 4.79 Å². The van der Waals surface area contributed by atoms with Crippen LogP contribution in [0.2, 0.25) is 5.15 Å². The summed E-state index contributed by atoms with van der Waals surface area (Å²) >= 11 is 5.64. The van der Waals surface area contributed by atoms with Crippen molar-refractivity contribution in [2.75, 3.05) is 19.4 Å². The SMILES string of the molecule is CN(C)NC(=O)Nc1ccnc(Cl)c1. The van der Waals surface area contributed by atoms with Gasteiger partial charge in [0.1, 0.15) is 5.15 Å².